The molecule has 198 valence electrons. The predicted octanol–water partition coefficient (Wildman–Crippen LogP) is 5.73. The van der Waals surface area contributed by atoms with E-state index in [0.29, 0.717) is 34.7 Å². The lowest BCUT2D eigenvalue weighted by molar-refractivity contribution is -0.113. The van der Waals surface area contributed by atoms with Gasteiger partial charge in [0.25, 0.3) is 0 Å². The molecule has 0 atom stereocenters. The van der Waals surface area contributed by atoms with Gasteiger partial charge in [0.1, 0.15) is 17.4 Å². The molecule has 0 unspecified atom stereocenters. The van der Waals surface area contributed by atoms with Gasteiger partial charge < -0.3 is 19.4 Å². The summed E-state index contributed by atoms with van der Waals surface area (Å²) in [6.07, 6.45) is 6.26. The number of rotatable bonds is 9. The van der Waals surface area contributed by atoms with Crippen LogP contribution in [-0.4, -0.2) is 39.5 Å². The molecule has 3 aromatic rings. The van der Waals surface area contributed by atoms with E-state index in [1.54, 1.807) is 0 Å². The van der Waals surface area contributed by atoms with Crippen molar-refractivity contribution in [1.29, 1.82) is 0 Å². The second kappa shape index (κ2) is 12.6. The Morgan fingerprint density at radius 2 is 1.92 bits per heavy atom. The minimum atomic E-state index is -0.389. The van der Waals surface area contributed by atoms with Crippen molar-refractivity contribution in [3.05, 3.63) is 51.2 Å². The zero-order valence-corrected chi connectivity index (χ0v) is 23.5. The summed E-state index contributed by atoms with van der Waals surface area (Å²) in [4.78, 5) is 26.7. The molecule has 0 fully saturated rings. The lowest BCUT2D eigenvalue weighted by Gasteiger charge is -2.11. The molecule has 1 aliphatic rings. The molecular formula is C27H34N4O4S2. The smallest absolute Gasteiger partial charge is 0.341 e. The fraction of sp³-hybridized carbons (Fsp3) is 0.481. The molecule has 1 aliphatic carbocycles. The number of aryl methyl sites for hydroxylation is 3. The van der Waals surface area contributed by atoms with Crippen molar-refractivity contribution in [3.8, 4) is 5.75 Å². The highest BCUT2D eigenvalue weighted by Gasteiger charge is 2.26. The van der Waals surface area contributed by atoms with Crippen LogP contribution in [0.3, 0.4) is 0 Å². The Hall–Kier alpha value is -2.85. The SMILES string of the molecule is CCn1c(COc2cc(C)ccc2C)nnc1SCC(=O)Nc1sc2c(c1C(=O)OC)CCCCCC2. The van der Waals surface area contributed by atoms with Crippen LogP contribution < -0.4 is 10.1 Å². The van der Waals surface area contributed by atoms with E-state index in [0.717, 1.165) is 54.5 Å². The highest BCUT2D eigenvalue weighted by Crippen LogP contribution is 2.37. The number of anilines is 1. The number of aromatic nitrogens is 3. The average Bonchev–Trinajstić information content (AvgIpc) is 3.42. The topological polar surface area (TPSA) is 95.3 Å². The number of esters is 1. The summed E-state index contributed by atoms with van der Waals surface area (Å²) in [5, 5.41) is 12.8. The van der Waals surface area contributed by atoms with Crippen molar-refractivity contribution in [2.24, 2.45) is 0 Å². The number of thiophene rings is 1. The molecule has 0 bridgehead atoms. The van der Waals surface area contributed by atoms with Gasteiger partial charge in [-0.3, -0.25) is 4.79 Å². The first kappa shape index (κ1) is 27.2. The third-order valence-electron chi connectivity index (χ3n) is 6.46. The van der Waals surface area contributed by atoms with E-state index in [1.165, 1.54) is 41.5 Å². The van der Waals surface area contributed by atoms with Crippen LogP contribution in [0.4, 0.5) is 5.00 Å². The highest BCUT2D eigenvalue weighted by molar-refractivity contribution is 7.99. The molecule has 0 aliphatic heterocycles. The molecule has 37 heavy (non-hydrogen) atoms. The van der Waals surface area contributed by atoms with Gasteiger partial charge in [0.15, 0.2) is 11.0 Å². The number of hydrogen-bond donors (Lipinski definition) is 1. The first-order valence-corrected chi connectivity index (χ1v) is 14.5. The van der Waals surface area contributed by atoms with Gasteiger partial charge in [0, 0.05) is 11.4 Å². The lowest BCUT2D eigenvalue weighted by Crippen LogP contribution is -2.17. The Morgan fingerprint density at radius 3 is 2.68 bits per heavy atom. The van der Waals surface area contributed by atoms with E-state index >= 15 is 0 Å². The number of nitrogens with one attached hydrogen (secondary N) is 1. The van der Waals surface area contributed by atoms with Gasteiger partial charge >= 0.3 is 5.97 Å². The van der Waals surface area contributed by atoms with E-state index in [2.05, 4.69) is 21.6 Å². The minimum Gasteiger partial charge on any atom is -0.485 e. The Balaban J connectivity index is 1.42. The lowest BCUT2D eigenvalue weighted by atomic mass is 9.96. The number of carbonyl (C=O) groups excluding carboxylic acids is 2. The van der Waals surface area contributed by atoms with Crippen molar-refractivity contribution >= 4 is 40.0 Å². The Bertz CT molecular complexity index is 1270. The van der Waals surface area contributed by atoms with Gasteiger partial charge in [0.05, 0.1) is 18.4 Å². The number of carbonyl (C=O) groups is 2. The van der Waals surface area contributed by atoms with Crippen LogP contribution >= 0.6 is 23.1 Å². The number of hydrogen-bond acceptors (Lipinski definition) is 8. The molecule has 0 radical (unpaired) electrons. The van der Waals surface area contributed by atoms with Gasteiger partial charge in [-0.2, -0.15) is 0 Å². The third-order valence-corrected chi connectivity index (χ3v) is 8.63. The van der Waals surface area contributed by atoms with E-state index in [-0.39, 0.29) is 17.6 Å². The fourth-order valence-electron chi connectivity index (χ4n) is 4.47. The van der Waals surface area contributed by atoms with Gasteiger partial charge in [0.2, 0.25) is 5.91 Å². The Kier molecular flexibility index (Phi) is 9.26. The first-order chi connectivity index (χ1) is 17.9. The van der Waals surface area contributed by atoms with Crippen LogP contribution in [0.15, 0.2) is 23.4 Å². The van der Waals surface area contributed by atoms with Crippen LogP contribution in [0.1, 0.15) is 70.4 Å². The zero-order chi connectivity index (χ0) is 26.4. The number of thioether (sulfide) groups is 1. The van der Waals surface area contributed by atoms with Crippen molar-refractivity contribution in [2.45, 2.75) is 77.6 Å². The van der Waals surface area contributed by atoms with Crippen LogP contribution in [0.25, 0.3) is 0 Å². The summed E-state index contributed by atoms with van der Waals surface area (Å²) in [6.45, 7) is 7.01. The van der Waals surface area contributed by atoms with E-state index in [1.807, 2.05) is 37.5 Å². The summed E-state index contributed by atoms with van der Waals surface area (Å²) < 4.78 is 13.0. The summed E-state index contributed by atoms with van der Waals surface area (Å²) >= 11 is 2.82. The van der Waals surface area contributed by atoms with Crippen molar-refractivity contribution in [3.63, 3.8) is 0 Å². The van der Waals surface area contributed by atoms with Gasteiger partial charge in [-0.1, -0.05) is 36.7 Å². The maximum Gasteiger partial charge on any atom is 0.341 e. The maximum absolute atomic E-state index is 12.9. The summed E-state index contributed by atoms with van der Waals surface area (Å²) in [6, 6.07) is 6.10. The highest BCUT2D eigenvalue weighted by atomic mass is 32.2. The van der Waals surface area contributed by atoms with Crippen LogP contribution in [0.5, 0.6) is 5.75 Å². The molecule has 1 aromatic carbocycles. The molecule has 1 amide bonds. The maximum atomic E-state index is 12.9. The fourth-order valence-corrected chi connectivity index (χ4v) is 6.59. The normalized spacial score (nSPS) is 13.4. The van der Waals surface area contributed by atoms with Gasteiger partial charge in [-0.25, -0.2) is 4.79 Å². The average molecular weight is 543 g/mol. The molecule has 2 aromatic heterocycles. The quantitative estimate of drug-likeness (QED) is 0.272. The summed E-state index contributed by atoms with van der Waals surface area (Å²) in [7, 11) is 1.38. The second-order valence-corrected chi connectivity index (χ2v) is 11.2. The standard InChI is InChI=1S/C27H34N4O4S2/c1-5-31-22(15-35-20-14-17(2)12-13-18(20)3)29-30-27(31)36-16-23(32)28-25-24(26(33)34-4)19-10-8-6-7-9-11-21(19)37-25/h12-14H,5-11,15-16H2,1-4H3,(H,28,32). The van der Waals surface area contributed by atoms with Crippen LogP contribution in [0, 0.1) is 13.8 Å². The number of nitrogens with zero attached hydrogens (tertiary/aromatic N) is 3. The number of methoxy groups -OCH3 is 1. The van der Waals surface area contributed by atoms with Crippen molar-refractivity contribution in [1.82, 2.24) is 14.8 Å². The monoisotopic (exact) mass is 542 g/mol. The summed E-state index contributed by atoms with van der Waals surface area (Å²) in [5.41, 5.74) is 3.75. The molecule has 4 rings (SSSR count). The number of fused-ring (bicyclic) bond motifs is 1. The molecule has 0 saturated carbocycles. The summed E-state index contributed by atoms with van der Waals surface area (Å²) in [5.74, 6) is 1.10. The first-order valence-electron chi connectivity index (χ1n) is 12.7. The second-order valence-electron chi connectivity index (χ2n) is 9.15. The van der Waals surface area contributed by atoms with E-state index < -0.39 is 0 Å². The zero-order valence-electron chi connectivity index (χ0n) is 21.9. The number of ether oxygens (including phenoxy) is 2. The van der Waals surface area contributed by atoms with Crippen LogP contribution in [0.2, 0.25) is 0 Å². The van der Waals surface area contributed by atoms with Crippen LogP contribution in [-0.2, 0) is 35.5 Å². The molecule has 0 spiro atoms. The minimum absolute atomic E-state index is 0.152. The molecule has 8 nitrogen and oxygen atoms in total. The molecule has 0 saturated heterocycles. The Labute approximate surface area is 226 Å². The van der Waals surface area contributed by atoms with Crippen molar-refractivity contribution in [2.75, 3.05) is 18.2 Å². The van der Waals surface area contributed by atoms with Crippen molar-refractivity contribution < 1.29 is 19.1 Å². The molecule has 2 heterocycles. The third kappa shape index (κ3) is 6.54. The van der Waals surface area contributed by atoms with E-state index in [9.17, 15) is 9.59 Å². The van der Waals surface area contributed by atoms with Gasteiger partial charge in [-0.15, -0.1) is 21.5 Å². The van der Waals surface area contributed by atoms with E-state index in [4.69, 9.17) is 9.47 Å². The van der Waals surface area contributed by atoms with Gasteiger partial charge in [-0.05, 0) is 69.2 Å². The predicted molar refractivity (Wildman–Crippen MR) is 147 cm³/mol. The largest absolute Gasteiger partial charge is 0.485 e. The number of amides is 1. The molecule has 1 N–H and O–H groups in total. The molecular weight excluding hydrogens is 508 g/mol. The molecule has 10 heteroatoms. The Morgan fingerprint density at radius 1 is 1.14 bits per heavy atom. The number of benzene rings is 1.